The summed E-state index contributed by atoms with van der Waals surface area (Å²) in [5, 5.41) is 50.2. The topological polar surface area (TPSA) is 210 Å². The molecule has 1 aliphatic carbocycles. The van der Waals surface area contributed by atoms with E-state index in [2.05, 4.69) is 62.5 Å². The molecule has 1 aliphatic rings. The Bertz CT molecular complexity index is 1320. The molecular formula is C51H91O13P. The smallest absolute Gasteiger partial charge is 0.462 e. The minimum atomic E-state index is -5.13. The van der Waals surface area contributed by atoms with E-state index in [1.54, 1.807) is 0 Å². The van der Waals surface area contributed by atoms with Gasteiger partial charge in [-0.25, -0.2) is 4.57 Å². The number of rotatable bonds is 42. The summed E-state index contributed by atoms with van der Waals surface area (Å²) < 4.78 is 33.6. The fraction of sp³-hybridized carbons (Fsp3) is 0.804. The zero-order valence-electron chi connectivity index (χ0n) is 40.3. The van der Waals surface area contributed by atoms with Crippen molar-refractivity contribution in [3.05, 3.63) is 48.6 Å². The van der Waals surface area contributed by atoms with E-state index in [1.807, 2.05) is 0 Å². The maximum Gasteiger partial charge on any atom is 0.472 e. The van der Waals surface area contributed by atoms with Crippen molar-refractivity contribution in [1.82, 2.24) is 0 Å². The Kier molecular flexibility index (Phi) is 38.2. The highest BCUT2D eigenvalue weighted by molar-refractivity contribution is 7.47. The van der Waals surface area contributed by atoms with E-state index in [0.717, 1.165) is 70.6 Å². The first kappa shape index (κ1) is 60.8. The monoisotopic (exact) mass is 943 g/mol. The van der Waals surface area contributed by atoms with Crippen LogP contribution < -0.4 is 0 Å². The van der Waals surface area contributed by atoms with Gasteiger partial charge in [0, 0.05) is 12.8 Å². The van der Waals surface area contributed by atoms with Gasteiger partial charge in [0.15, 0.2) is 6.10 Å². The maximum absolute atomic E-state index is 12.8. The van der Waals surface area contributed by atoms with Crippen LogP contribution in [0.2, 0.25) is 0 Å². The Morgan fingerprint density at radius 3 is 1.29 bits per heavy atom. The van der Waals surface area contributed by atoms with Crippen LogP contribution >= 0.6 is 7.82 Å². The van der Waals surface area contributed by atoms with E-state index in [4.69, 9.17) is 18.5 Å². The molecule has 6 unspecified atom stereocenters. The minimum absolute atomic E-state index is 0.0916. The average molecular weight is 943 g/mol. The molecule has 0 saturated heterocycles. The molecule has 6 N–H and O–H groups in total. The standard InChI is InChI=1S/C51H91O13P/c1-3-5-7-9-11-13-15-17-19-21-22-24-25-27-29-31-33-35-37-39-44(52)61-41-43(42-62-65(59,60)64-51-49(57)47(55)46(54)48(56)50(51)58)63-45(53)40-38-36-34-32-30-28-26-23-20-18-16-14-12-10-8-6-4-2/h11,13,17,19,22,24,27,29,43,46-51,54-58H,3-10,12,14-16,18,20-21,23,25-26,28,30-42H2,1-2H3,(H,59,60)/b13-11-,19-17-,24-22-,29-27-/t43-,46?,47-,48?,49?,50?,51?/m1/s1. The number of esters is 2. The van der Waals surface area contributed by atoms with Crippen LogP contribution in [-0.4, -0.2) is 98.3 Å². The van der Waals surface area contributed by atoms with Gasteiger partial charge in [0.05, 0.1) is 6.61 Å². The number of aliphatic hydroxyl groups excluding tert-OH is 5. The number of carbonyl (C=O) groups excluding carboxylic acids is 2. The van der Waals surface area contributed by atoms with Crippen LogP contribution in [0.3, 0.4) is 0 Å². The van der Waals surface area contributed by atoms with Crippen LogP contribution in [0.25, 0.3) is 0 Å². The Hall–Kier alpha value is -2.19. The number of hydrogen-bond donors (Lipinski definition) is 6. The van der Waals surface area contributed by atoms with E-state index < -0.39 is 75.7 Å². The lowest BCUT2D eigenvalue weighted by Crippen LogP contribution is -2.64. The highest BCUT2D eigenvalue weighted by Gasteiger charge is 2.51. The summed E-state index contributed by atoms with van der Waals surface area (Å²) >= 11 is 0. The number of phosphoric ester groups is 1. The number of allylic oxidation sites excluding steroid dienone is 8. The summed E-state index contributed by atoms with van der Waals surface area (Å²) in [5.74, 6) is -1.13. The molecule has 14 heteroatoms. The molecule has 378 valence electrons. The first-order chi connectivity index (χ1) is 31.4. The predicted molar refractivity (Wildman–Crippen MR) is 258 cm³/mol. The fourth-order valence-corrected chi connectivity index (χ4v) is 8.54. The highest BCUT2D eigenvalue weighted by atomic mass is 31.2. The predicted octanol–water partition coefficient (Wildman–Crippen LogP) is 10.7. The number of unbranched alkanes of at least 4 members (excludes halogenated alkanes) is 22. The van der Waals surface area contributed by atoms with Gasteiger partial charge < -0.3 is 39.9 Å². The number of carbonyl (C=O) groups is 2. The molecule has 0 radical (unpaired) electrons. The lowest BCUT2D eigenvalue weighted by Gasteiger charge is -2.41. The molecule has 0 heterocycles. The molecule has 0 aliphatic heterocycles. The highest BCUT2D eigenvalue weighted by Crippen LogP contribution is 2.47. The number of hydrogen-bond acceptors (Lipinski definition) is 12. The molecule has 0 aromatic rings. The van der Waals surface area contributed by atoms with Crippen LogP contribution in [-0.2, 0) is 32.7 Å². The average Bonchev–Trinajstić information content (AvgIpc) is 3.29. The van der Waals surface area contributed by atoms with E-state index in [-0.39, 0.29) is 12.8 Å². The SMILES string of the molecule is CCCCC/C=C\C/C=C\C/C=C\C/C=C\CCCCCC(=O)OC[C@H](COP(=O)(O)OC1C(O)C(O)C(O)[C@@H](O)C1O)OC(=O)CCCCCCCCCCCCCCCCCCC. The van der Waals surface area contributed by atoms with E-state index in [9.17, 15) is 44.6 Å². The second-order valence-corrected chi connectivity index (χ2v) is 19.1. The lowest BCUT2D eigenvalue weighted by molar-refractivity contribution is -0.220. The molecule has 13 nitrogen and oxygen atoms in total. The number of phosphoric acid groups is 1. The third kappa shape index (κ3) is 33.0. The third-order valence-electron chi connectivity index (χ3n) is 11.7. The third-order valence-corrected chi connectivity index (χ3v) is 12.7. The lowest BCUT2D eigenvalue weighted by atomic mass is 9.85. The van der Waals surface area contributed by atoms with Gasteiger partial charge in [0.1, 0.15) is 43.2 Å². The Labute approximate surface area is 392 Å². The van der Waals surface area contributed by atoms with Crippen molar-refractivity contribution in [3.63, 3.8) is 0 Å². The summed E-state index contributed by atoms with van der Waals surface area (Å²) in [4.78, 5) is 35.8. The normalized spacial score (nSPS) is 21.8. The molecule has 8 atom stereocenters. The van der Waals surface area contributed by atoms with Crippen molar-refractivity contribution in [1.29, 1.82) is 0 Å². The first-order valence-corrected chi connectivity index (χ1v) is 26.9. The zero-order chi connectivity index (χ0) is 47.8. The van der Waals surface area contributed by atoms with Crippen LogP contribution in [0.4, 0.5) is 0 Å². The molecule has 0 aromatic heterocycles. The second-order valence-electron chi connectivity index (χ2n) is 17.7. The molecule has 0 aromatic carbocycles. The summed E-state index contributed by atoms with van der Waals surface area (Å²) in [6.07, 6.45) is 35.8. The van der Waals surface area contributed by atoms with Gasteiger partial charge in [-0.15, -0.1) is 0 Å². The van der Waals surface area contributed by atoms with Gasteiger partial charge in [-0.1, -0.05) is 184 Å². The zero-order valence-corrected chi connectivity index (χ0v) is 41.2. The van der Waals surface area contributed by atoms with Gasteiger partial charge in [0.2, 0.25) is 0 Å². The molecule has 1 rings (SSSR count). The first-order valence-electron chi connectivity index (χ1n) is 25.4. The van der Waals surface area contributed by atoms with Gasteiger partial charge in [0.25, 0.3) is 0 Å². The Balaban J connectivity index is 2.43. The van der Waals surface area contributed by atoms with Crippen LogP contribution in [0, 0.1) is 0 Å². The van der Waals surface area contributed by atoms with Crippen LogP contribution in [0.1, 0.15) is 206 Å². The molecule has 65 heavy (non-hydrogen) atoms. The van der Waals surface area contributed by atoms with Crippen molar-refractivity contribution in [2.75, 3.05) is 13.2 Å². The largest absolute Gasteiger partial charge is 0.472 e. The molecular weight excluding hydrogens is 852 g/mol. The second kappa shape index (κ2) is 40.8. The Morgan fingerprint density at radius 1 is 0.477 bits per heavy atom. The quantitative estimate of drug-likeness (QED) is 0.0146. The molecule has 1 fully saturated rings. The van der Waals surface area contributed by atoms with E-state index >= 15 is 0 Å². The summed E-state index contributed by atoms with van der Waals surface area (Å²) in [6.45, 7) is 3.27. The van der Waals surface area contributed by atoms with Crippen molar-refractivity contribution in [3.8, 4) is 0 Å². The number of ether oxygens (including phenoxy) is 2. The van der Waals surface area contributed by atoms with Crippen molar-refractivity contribution in [2.24, 2.45) is 0 Å². The molecule has 1 saturated carbocycles. The van der Waals surface area contributed by atoms with E-state index in [0.29, 0.717) is 12.8 Å². The van der Waals surface area contributed by atoms with Crippen LogP contribution in [0.5, 0.6) is 0 Å². The fourth-order valence-electron chi connectivity index (χ4n) is 7.57. The molecule has 0 bridgehead atoms. The van der Waals surface area contributed by atoms with E-state index in [1.165, 1.54) is 96.3 Å². The number of aliphatic hydroxyl groups is 5. The van der Waals surface area contributed by atoms with Crippen molar-refractivity contribution < 1.29 is 63.1 Å². The minimum Gasteiger partial charge on any atom is -0.462 e. The van der Waals surface area contributed by atoms with Gasteiger partial charge in [-0.2, -0.15) is 0 Å². The Morgan fingerprint density at radius 2 is 0.831 bits per heavy atom. The molecule has 0 amide bonds. The summed E-state index contributed by atoms with van der Waals surface area (Å²) in [7, 11) is -5.13. The van der Waals surface area contributed by atoms with Gasteiger partial charge in [-0.05, 0) is 57.8 Å². The van der Waals surface area contributed by atoms with Crippen molar-refractivity contribution in [2.45, 2.75) is 249 Å². The maximum atomic E-state index is 12.8. The van der Waals surface area contributed by atoms with Gasteiger partial charge >= 0.3 is 19.8 Å². The van der Waals surface area contributed by atoms with Crippen LogP contribution in [0.15, 0.2) is 48.6 Å². The summed E-state index contributed by atoms with van der Waals surface area (Å²) in [5.41, 5.74) is 0. The van der Waals surface area contributed by atoms with Crippen molar-refractivity contribution >= 4 is 19.8 Å². The molecule has 0 spiro atoms. The summed E-state index contributed by atoms with van der Waals surface area (Å²) in [6, 6.07) is 0. The van der Waals surface area contributed by atoms with Gasteiger partial charge in [-0.3, -0.25) is 18.6 Å².